The number of rotatable bonds is 2. The molecule has 1 N–H and O–H groups in total. The molecule has 0 saturated carbocycles. The van der Waals surface area contributed by atoms with Gasteiger partial charge in [0.25, 0.3) is 5.91 Å². The van der Waals surface area contributed by atoms with Crippen LogP contribution in [0.5, 0.6) is 0 Å². The molecule has 4 nitrogen and oxygen atoms in total. The highest BCUT2D eigenvalue weighted by Gasteiger charge is 2.24. The summed E-state index contributed by atoms with van der Waals surface area (Å²) in [5.41, 5.74) is 2.08. The molecule has 25 heavy (non-hydrogen) atoms. The molecule has 0 saturated heterocycles. The van der Waals surface area contributed by atoms with Crippen molar-refractivity contribution in [2.75, 3.05) is 5.32 Å². The van der Waals surface area contributed by atoms with E-state index in [4.69, 9.17) is 11.6 Å². The zero-order valence-electron chi connectivity index (χ0n) is 13.3. The smallest absolute Gasteiger partial charge is 0.261 e. The highest BCUT2D eigenvalue weighted by atomic mass is 35.5. The predicted molar refractivity (Wildman–Crippen MR) is 96.0 cm³/mol. The minimum Gasteiger partial charge on any atom is -0.343 e. The van der Waals surface area contributed by atoms with E-state index in [0.29, 0.717) is 11.1 Å². The summed E-state index contributed by atoms with van der Waals surface area (Å²) in [6, 6.07) is 9.63. The van der Waals surface area contributed by atoms with Crippen LogP contribution < -0.4 is 10.7 Å². The van der Waals surface area contributed by atoms with E-state index in [1.165, 1.54) is 18.2 Å². The molecule has 1 atom stereocenters. The van der Waals surface area contributed by atoms with Gasteiger partial charge in [0.2, 0.25) is 5.43 Å². The fourth-order valence-electron chi connectivity index (χ4n) is 3.35. The summed E-state index contributed by atoms with van der Waals surface area (Å²) in [6.45, 7) is 2.05. The van der Waals surface area contributed by atoms with Crippen LogP contribution in [0.25, 0.3) is 10.9 Å². The van der Waals surface area contributed by atoms with Gasteiger partial charge >= 0.3 is 0 Å². The number of aromatic nitrogens is 1. The Morgan fingerprint density at radius 3 is 2.88 bits per heavy atom. The second-order valence-corrected chi connectivity index (χ2v) is 6.64. The first-order chi connectivity index (χ1) is 12.0. The van der Waals surface area contributed by atoms with Crippen LogP contribution in [0, 0.1) is 5.82 Å². The summed E-state index contributed by atoms with van der Waals surface area (Å²) in [4.78, 5) is 25.4. The van der Waals surface area contributed by atoms with Crippen LogP contribution in [-0.2, 0) is 6.42 Å². The molecule has 126 valence electrons. The molecular weight excluding hydrogens is 343 g/mol. The predicted octanol–water partition coefficient (Wildman–Crippen LogP) is 4.16. The molecule has 1 aliphatic heterocycles. The molecule has 2 heterocycles. The van der Waals surface area contributed by atoms with Crippen molar-refractivity contribution in [3.8, 4) is 0 Å². The number of nitrogens with one attached hydrogen (secondary N) is 1. The molecule has 3 aromatic rings. The highest BCUT2D eigenvalue weighted by molar-refractivity contribution is 6.31. The number of halogens is 2. The SMILES string of the molecule is C[C@H]1Cc2cccc3c(=O)c(C(=O)Nc4ccc(F)c(Cl)c4)cn1c23. The van der Waals surface area contributed by atoms with Crippen LogP contribution in [0.2, 0.25) is 5.02 Å². The summed E-state index contributed by atoms with van der Waals surface area (Å²) in [7, 11) is 0. The fourth-order valence-corrected chi connectivity index (χ4v) is 3.53. The summed E-state index contributed by atoms with van der Waals surface area (Å²) in [5.74, 6) is -1.11. The molecule has 0 unspecified atom stereocenters. The van der Waals surface area contributed by atoms with Gasteiger partial charge in [-0.25, -0.2) is 4.39 Å². The maximum atomic E-state index is 13.2. The van der Waals surface area contributed by atoms with E-state index in [1.54, 1.807) is 12.3 Å². The van der Waals surface area contributed by atoms with Gasteiger partial charge in [-0.3, -0.25) is 9.59 Å². The lowest BCUT2D eigenvalue weighted by Crippen LogP contribution is -2.23. The number of pyridine rings is 1. The minimum atomic E-state index is -0.569. The third kappa shape index (κ3) is 2.51. The van der Waals surface area contributed by atoms with E-state index in [1.807, 2.05) is 23.6 Å². The Kier molecular flexibility index (Phi) is 3.62. The van der Waals surface area contributed by atoms with Gasteiger partial charge in [-0.15, -0.1) is 0 Å². The summed E-state index contributed by atoms with van der Waals surface area (Å²) in [6.07, 6.45) is 2.43. The van der Waals surface area contributed by atoms with Crippen LogP contribution >= 0.6 is 11.6 Å². The number of amides is 1. The largest absolute Gasteiger partial charge is 0.343 e. The molecule has 0 fully saturated rings. The van der Waals surface area contributed by atoms with Crippen molar-refractivity contribution in [1.29, 1.82) is 0 Å². The quantitative estimate of drug-likeness (QED) is 0.749. The van der Waals surface area contributed by atoms with Gasteiger partial charge in [-0.1, -0.05) is 23.7 Å². The van der Waals surface area contributed by atoms with E-state index < -0.39 is 11.7 Å². The normalized spacial score (nSPS) is 15.6. The molecule has 1 amide bonds. The summed E-state index contributed by atoms with van der Waals surface area (Å²) in [5, 5.41) is 3.05. The van der Waals surface area contributed by atoms with Gasteiger partial charge in [-0.2, -0.15) is 0 Å². The van der Waals surface area contributed by atoms with Gasteiger partial charge in [0, 0.05) is 23.3 Å². The fraction of sp³-hybridized carbons (Fsp3) is 0.158. The minimum absolute atomic E-state index is 0.0545. The molecule has 0 aliphatic carbocycles. The second-order valence-electron chi connectivity index (χ2n) is 6.23. The van der Waals surface area contributed by atoms with Crippen molar-refractivity contribution < 1.29 is 9.18 Å². The van der Waals surface area contributed by atoms with Crippen molar-refractivity contribution >= 4 is 34.1 Å². The molecule has 1 aromatic heterocycles. The number of nitrogens with zero attached hydrogens (tertiary/aromatic N) is 1. The Balaban J connectivity index is 1.80. The van der Waals surface area contributed by atoms with Gasteiger partial charge in [0.05, 0.1) is 10.5 Å². The molecule has 4 rings (SSSR count). The Hall–Kier alpha value is -2.66. The van der Waals surface area contributed by atoms with Crippen LogP contribution in [0.15, 0.2) is 47.4 Å². The zero-order valence-corrected chi connectivity index (χ0v) is 14.1. The Morgan fingerprint density at radius 1 is 1.32 bits per heavy atom. The highest BCUT2D eigenvalue weighted by Crippen LogP contribution is 2.31. The summed E-state index contributed by atoms with van der Waals surface area (Å²) >= 11 is 5.73. The molecular formula is C19H14ClFN2O2. The van der Waals surface area contributed by atoms with E-state index >= 15 is 0 Å². The third-order valence-electron chi connectivity index (χ3n) is 4.55. The van der Waals surface area contributed by atoms with E-state index in [2.05, 4.69) is 5.32 Å². The second kappa shape index (κ2) is 5.70. The van der Waals surface area contributed by atoms with Gasteiger partial charge in [0.15, 0.2) is 0 Å². The molecule has 0 spiro atoms. The lowest BCUT2D eigenvalue weighted by Gasteiger charge is -2.13. The standard InChI is InChI=1S/C19H14ClFN2O2/c1-10-7-11-3-2-4-13-17(11)23(10)9-14(18(13)24)19(25)22-12-5-6-16(21)15(20)8-12/h2-6,8-10H,7H2,1H3,(H,22,25)/t10-/m0/s1. The maximum absolute atomic E-state index is 13.2. The maximum Gasteiger partial charge on any atom is 0.261 e. The number of carbonyl (C=O) groups is 1. The zero-order chi connectivity index (χ0) is 17.7. The van der Waals surface area contributed by atoms with Crippen molar-refractivity contribution in [3.63, 3.8) is 0 Å². The lowest BCUT2D eigenvalue weighted by atomic mass is 10.1. The van der Waals surface area contributed by atoms with Crippen molar-refractivity contribution in [2.45, 2.75) is 19.4 Å². The van der Waals surface area contributed by atoms with E-state index in [9.17, 15) is 14.0 Å². The number of anilines is 1. The number of para-hydroxylation sites is 1. The third-order valence-corrected chi connectivity index (χ3v) is 4.84. The van der Waals surface area contributed by atoms with Crippen LogP contribution in [-0.4, -0.2) is 10.5 Å². The van der Waals surface area contributed by atoms with Gasteiger partial charge < -0.3 is 9.88 Å². The number of hydrogen-bond donors (Lipinski definition) is 1. The first-order valence-electron chi connectivity index (χ1n) is 7.89. The van der Waals surface area contributed by atoms with Crippen LogP contribution in [0.3, 0.4) is 0 Å². The Bertz CT molecular complexity index is 1090. The van der Waals surface area contributed by atoms with E-state index in [0.717, 1.165) is 17.5 Å². The number of carbonyl (C=O) groups excluding carboxylic acids is 1. The number of hydrogen-bond acceptors (Lipinski definition) is 2. The molecule has 1 aliphatic rings. The van der Waals surface area contributed by atoms with Crippen molar-refractivity contribution in [1.82, 2.24) is 4.57 Å². The Labute approximate surface area is 147 Å². The first-order valence-corrected chi connectivity index (χ1v) is 8.26. The van der Waals surface area contributed by atoms with Gasteiger partial charge in [0.1, 0.15) is 11.4 Å². The van der Waals surface area contributed by atoms with Crippen LogP contribution in [0.4, 0.5) is 10.1 Å². The average molecular weight is 357 g/mol. The summed E-state index contributed by atoms with van der Waals surface area (Å²) < 4.78 is 15.2. The number of benzene rings is 2. The first kappa shape index (κ1) is 15.8. The Morgan fingerprint density at radius 2 is 2.12 bits per heavy atom. The van der Waals surface area contributed by atoms with Gasteiger partial charge in [-0.05, 0) is 43.2 Å². The van der Waals surface area contributed by atoms with Crippen molar-refractivity contribution in [2.24, 2.45) is 0 Å². The molecule has 0 radical (unpaired) electrons. The van der Waals surface area contributed by atoms with Crippen molar-refractivity contribution in [3.05, 3.63) is 74.8 Å². The topological polar surface area (TPSA) is 51.1 Å². The van der Waals surface area contributed by atoms with Crippen LogP contribution in [0.1, 0.15) is 28.9 Å². The molecule has 2 aromatic carbocycles. The molecule has 0 bridgehead atoms. The monoisotopic (exact) mass is 356 g/mol. The molecule has 6 heteroatoms. The van der Waals surface area contributed by atoms with E-state index in [-0.39, 0.29) is 22.1 Å². The lowest BCUT2D eigenvalue weighted by molar-refractivity contribution is 0.102. The average Bonchev–Trinajstić information content (AvgIpc) is 2.90.